The molecule has 0 aliphatic carbocycles. The van der Waals surface area contributed by atoms with Gasteiger partial charge in [-0.25, -0.2) is 18.4 Å². The summed E-state index contributed by atoms with van der Waals surface area (Å²) in [5.74, 6) is 2.81. The number of rotatable bonds is 11. The second kappa shape index (κ2) is 12.1. The Morgan fingerprint density at radius 1 is 1.00 bits per heavy atom. The topological polar surface area (TPSA) is 119 Å². The fourth-order valence-electron chi connectivity index (χ4n) is 3.84. The summed E-state index contributed by atoms with van der Waals surface area (Å²) >= 11 is 2.27. The number of benzene rings is 2. The van der Waals surface area contributed by atoms with Crippen LogP contribution in [0.2, 0.25) is 0 Å². The summed E-state index contributed by atoms with van der Waals surface area (Å²) in [6.45, 7) is 1.28. The van der Waals surface area contributed by atoms with E-state index in [0.717, 1.165) is 26.0 Å². The maximum absolute atomic E-state index is 11.3. The van der Waals surface area contributed by atoms with Crippen molar-refractivity contribution in [3.63, 3.8) is 0 Å². The van der Waals surface area contributed by atoms with Crippen LogP contribution >= 0.6 is 22.6 Å². The van der Waals surface area contributed by atoms with Gasteiger partial charge in [0.2, 0.25) is 0 Å². The number of hydrogen-bond acceptors (Lipinski definition) is 9. The van der Waals surface area contributed by atoms with E-state index in [2.05, 4.69) is 48.2 Å². The number of fused-ring (bicyclic) bond motifs is 1. The summed E-state index contributed by atoms with van der Waals surface area (Å²) in [7, 11) is -3.01. The van der Waals surface area contributed by atoms with Crippen LogP contribution in [0.3, 0.4) is 0 Å². The number of furan rings is 1. The first kappa shape index (κ1) is 27.0. The summed E-state index contributed by atoms with van der Waals surface area (Å²) in [6.07, 6.45) is 4.41. The highest BCUT2D eigenvalue weighted by molar-refractivity contribution is 14.1. The lowest BCUT2D eigenvalue weighted by molar-refractivity contribution is 0.304. The van der Waals surface area contributed by atoms with Gasteiger partial charge >= 0.3 is 0 Å². The van der Waals surface area contributed by atoms with E-state index in [9.17, 15) is 8.42 Å². The summed E-state index contributed by atoms with van der Waals surface area (Å²) in [4.78, 5) is 13.3. The number of hydrogen-bond donors (Lipinski definition) is 2. The normalized spacial score (nSPS) is 11.5. The Labute approximate surface area is 240 Å². The molecule has 0 saturated heterocycles. The molecular weight excluding hydrogens is 629 g/mol. The number of anilines is 2. The fourth-order valence-corrected chi connectivity index (χ4v) is 5.03. The largest absolute Gasteiger partial charge is 0.488 e. The van der Waals surface area contributed by atoms with Crippen LogP contribution in [0.1, 0.15) is 11.3 Å². The number of nitrogens with zero attached hydrogens (tertiary/aromatic N) is 3. The highest BCUT2D eigenvalue weighted by Gasteiger charge is 2.12. The number of ether oxygens (including phenoxy) is 1. The molecule has 9 nitrogen and oxygen atoms in total. The summed E-state index contributed by atoms with van der Waals surface area (Å²) in [5, 5.41) is 7.27. The van der Waals surface area contributed by atoms with Gasteiger partial charge in [-0.15, -0.1) is 0 Å². The van der Waals surface area contributed by atoms with Crippen molar-refractivity contribution in [2.24, 2.45) is 0 Å². The van der Waals surface area contributed by atoms with E-state index in [1.807, 2.05) is 66.7 Å². The molecule has 5 aromatic rings. The van der Waals surface area contributed by atoms with E-state index >= 15 is 0 Å². The molecule has 0 bridgehead atoms. The van der Waals surface area contributed by atoms with Crippen LogP contribution in [-0.2, 0) is 23.0 Å². The van der Waals surface area contributed by atoms with Crippen LogP contribution in [0.5, 0.6) is 5.75 Å². The third kappa shape index (κ3) is 7.31. The maximum Gasteiger partial charge on any atom is 0.152 e. The average Bonchev–Trinajstić information content (AvgIpc) is 3.40. The van der Waals surface area contributed by atoms with Crippen LogP contribution < -0.4 is 15.4 Å². The SMILES string of the molecule is CS(=O)(=O)CCNCc1ccc(-c2cc3c(Nc4ccc(OCc5ccccc5)c(I)c4)ncnc3cn2)o1. The van der Waals surface area contributed by atoms with E-state index in [1.165, 1.54) is 12.6 Å². The van der Waals surface area contributed by atoms with Crippen LogP contribution in [0.25, 0.3) is 22.4 Å². The third-order valence-corrected chi connectivity index (χ3v) is 7.61. The van der Waals surface area contributed by atoms with Crippen molar-refractivity contribution in [3.8, 4) is 17.2 Å². The minimum Gasteiger partial charge on any atom is -0.488 e. The first-order chi connectivity index (χ1) is 18.8. The van der Waals surface area contributed by atoms with Crippen molar-refractivity contribution in [1.29, 1.82) is 0 Å². The molecule has 3 aromatic heterocycles. The Bertz CT molecular complexity index is 1690. The molecule has 0 saturated carbocycles. The minimum atomic E-state index is -3.01. The second-order valence-electron chi connectivity index (χ2n) is 8.93. The molecule has 200 valence electrons. The minimum absolute atomic E-state index is 0.0745. The lowest BCUT2D eigenvalue weighted by Gasteiger charge is -2.12. The zero-order valence-electron chi connectivity index (χ0n) is 21.1. The Hall–Kier alpha value is -3.55. The van der Waals surface area contributed by atoms with Gasteiger partial charge in [0.25, 0.3) is 0 Å². The number of nitrogens with one attached hydrogen (secondary N) is 2. The van der Waals surface area contributed by atoms with Crippen molar-refractivity contribution in [2.45, 2.75) is 13.2 Å². The van der Waals surface area contributed by atoms with Crippen molar-refractivity contribution < 1.29 is 17.6 Å². The summed E-state index contributed by atoms with van der Waals surface area (Å²) in [5.41, 5.74) is 3.31. The first-order valence-corrected chi connectivity index (χ1v) is 15.3. The summed E-state index contributed by atoms with van der Waals surface area (Å²) < 4.78 is 35.5. The highest BCUT2D eigenvalue weighted by Crippen LogP contribution is 2.30. The molecule has 11 heteroatoms. The van der Waals surface area contributed by atoms with Gasteiger partial charge in [0.1, 0.15) is 45.8 Å². The van der Waals surface area contributed by atoms with Gasteiger partial charge in [0, 0.05) is 23.9 Å². The van der Waals surface area contributed by atoms with Crippen molar-refractivity contribution >= 4 is 54.8 Å². The van der Waals surface area contributed by atoms with E-state index in [1.54, 1.807) is 6.20 Å². The Kier molecular flexibility index (Phi) is 8.38. The van der Waals surface area contributed by atoms with Gasteiger partial charge in [0.05, 0.1) is 27.6 Å². The molecule has 0 aliphatic heterocycles. The van der Waals surface area contributed by atoms with Gasteiger partial charge in [-0.2, -0.15) is 0 Å². The molecule has 3 heterocycles. The lowest BCUT2D eigenvalue weighted by atomic mass is 10.2. The molecule has 0 unspecified atom stereocenters. The van der Waals surface area contributed by atoms with Crippen molar-refractivity contribution in [1.82, 2.24) is 20.3 Å². The van der Waals surface area contributed by atoms with Crippen LogP contribution in [-0.4, -0.2) is 41.9 Å². The van der Waals surface area contributed by atoms with Gasteiger partial charge in [-0.3, -0.25) is 4.98 Å². The van der Waals surface area contributed by atoms with E-state index < -0.39 is 9.84 Å². The van der Waals surface area contributed by atoms with E-state index in [4.69, 9.17) is 9.15 Å². The van der Waals surface area contributed by atoms with Crippen LogP contribution in [0, 0.1) is 3.57 Å². The van der Waals surface area contributed by atoms with Crippen molar-refractivity contribution in [3.05, 3.63) is 94.1 Å². The summed E-state index contributed by atoms with van der Waals surface area (Å²) in [6, 6.07) is 21.5. The number of aromatic nitrogens is 3. The fraction of sp³-hybridized carbons (Fsp3) is 0.179. The quantitative estimate of drug-likeness (QED) is 0.144. The maximum atomic E-state index is 11.3. The monoisotopic (exact) mass is 655 g/mol. The third-order valence-electron chi connectivity index (χ3n) is 5.82. The molecule has 39 heavy (non-hydrogen) atoms. The number of sulfone groups is 1. The Balaban J connectivity index is 1.30. The second-order valence-corrected chi connectivity index (χ2v) is 12.3. The number of halogens is 1. The van der Waals surface area contributed by atoms with Crippen molar-refractivity contribution in [2.75, 3.05) is 23.9 Å². The van der Waals surface area contributed by atoms with Gasteiger partial charge in [-0.05, 0) is 64.6 Å². The van der Waals surface area contributed by atoms with Crippen LogP contribution in [0.15, 0.2) is 83.7 Å². The predicted octanol–water partition coefficient (Wildman–Crippen LogP) is 5.35. The molecule has 5 rings (SSSR count). The zero-order valence-corrected chi connectivity index (χ0v) is 24.1. The van der Waals surface area contributed by atoms with Crippen LogP contribution in [0.4, 0.5) is 11.5 Å². The molecule has 0 spiro atoms. The highest BCUT2D eigenvalue weighted by atomic mass is 127. The smallest absolute Gasteiger partial charge is 0.152 e. The first-order valence-electron chi connectivity index (χ1n) is 12.2. The molecule has 0 radical (unpaired) electrons. The molecule has 2 aromatic carbocycles. The van der Waals surface area contributed by atoms with E-state index in [0.29, 0.717) is 48.2 Å². The Morgan fingerprint density at radius 2 is 1.85 bits per heavy atom. The standard InChI is InChI=1S/C28H26IN5O4S/c1-39(35,36)12-11-30-15-21-8-10-27(38-21)24-14-22-25(16-31-24)32-18-33-28(22)34-20-7-9-26(23(29)13-20)37-17-19-5-3-2-4-6-19/h2-10,13-14,16,18,30H,11-12,15,17H2,1H3,(H,32,33,34). The molecule has 0 amide bonds. The molecule has 0 fully saturated rings. The predicted molar refractivity (Wildman–Crippen MR) is 160 cm³/mol. The Morgan fingerprint density at radius 3 is 2.64 bits per heavy atom. The number of pyridine rings is 1. The van der Waals surface area contributed by atoms with E-state index in [-0.39, 0.29) is 5.75 Å². The van der Waals surface area contributed by atoms with Gasteiger partial charge in [0.15, 0.2) is 5.76 Å². The molecular formula is C28H26IN5O4S. The van der Waals surface area contributed by atoms with Gasteiger partial charge < -0.3 is 19.8 Å². The average molecular weight is 656 g/mol. The van der Waals surface area contributed by atoms with Gasteiger partial charge in [-0.1, -0.05) is 30.3 Å². The molecule has 0 aliphatic rings. The zero-order chi connectivity index (χ0) is 27.2. The molecule has 2 N–H and O–H groups in total. The lowest BCUT2D eigenvalue weighted by Crippen LogP contribution is -2.21. The molecule has 0 atom stereocenters.